The zero-order chi connectivity index (χ0) is 31.0. The number of carbonyl (C=O) groups is 1. The number of hydrogen-bond donors (Lipinski definition) is 1. The summed E-state index contributed by atoms with van der Waals surface area (Å²) in [6.07, 6.45) is 0. The van der Waals surface area contributed by atoms with Crippen molar-refractivity contribution in [2.24, 2.45) is 5.73 Å². The van der Waals surface area contributed by atoms with Gasteiger partial charge in [-0.3, -0.25) is 0 Å². The molecule has 0 spiro atoms. The lowest BCUT2D eigenvalue weighted by molar-refractivity contribution is 0.0702. The molecule has 1 unspecified atom stereocenters. The average Bonchev–Trinajstić information content (AvgIpc) is 3.35. The predicted octanol–water partition coefficient (Wildman–Crippen LogP) is 7.67. The van der Waals surface area contributed by atoms with Crippen LogP contribution in [-0.4, -0.2) is 13.1 Å². The monoisotopic (exact) mass is 654 g/mol. The maximum Gasteiger partial charge on any atom is 0.379 e. The van der Waals surface area contributed by atoms with Crippen molar-refractivity contribution in [3.8, 4) is 29.1 Å². The minimum absolute atomic E-state index is 0.00534. The van der Waals surface area contributed by atoms with Gasteiger partial charge in [0.1, 0.15) is 41.1 Å². The van der Waals surface area contributed by atoms with Gasteiger partial charge < -0.3 is 29.1 Å². The van der Waals surface area contributed by atoms with E-state index < -0.39 is 11.9 Å². The summed E-state index contributed by atoms with van der Waals surface area (Å²) in [6.45, 7) is 1.79. The van der Waals surface area contributed by atoms with E-state index in [-0.39, 0.29) is 35.4 Å². The third-order valence-electron chi connectivity index (χ3n) is 7.35. The molecule has 0 saturated carbocycles. The summed E-state index contributed by atoms with van der Waals surface area (Å²) in [6, 6.07) is 24.1. The normalized spacial score (nSPS) is 14.0. The fraction of sp³-hybridized carbons (Fsp3) is 0.118. The predicted molar refractivity (Wildman–Crippen MR) is 163 cm³/mol. The smallest absolute Gasteiger partial charge is 0.379 e. The van der Waals surface area contributed by atoms with Gasteiger partial charge in [-0.15, -0.1) is 0 Å². The van der Waals surface area contributed by atoms with Gasteiger partial charge in [-0.05, 0) is 55.0 Å². The van der Waals surface area contributed by atoms with Gasteiger partial charge in [0.25, 0.3) is 0 Å². The van der Waals surface area contributed by atoms with Gasteiger partial charge in [0.15, 0.2) is 11.5 Å². The topological polar surface area (TPSA) is 117 Å². The van der Waals surface area contributed by atoms with Gasteiger partial charge in [-0.2, -0.15) is 5.26 Å². The Kier molecular flexibility index (Phi) is 7.72. The summed E-state index contributed by atoms with van der Waals surface area (Å²) in [5, 5.41) is 10.8. The Balaban J connectivity index is 1.29. The Morgan fingerprint density at radius 2 is 1.89 bits per heavy atom. The fourth-order valence-electron chi connectivity index (χ4n) is 5.14. The van der Waals surface area contributed by atoms with Gasteiger partial charge in [0, 0.05) is 32.6 Å². The van der Waals surface area contributed by atoms with Crippen molar-refractivity contribution in [3.63, 3.8) is 0 Å². The molecule has 4 aromatic carbocycles. The number of fused-ring (bicyclic) bond motifs is 2. The van der Waals surface area contributed by atoms with E-state index in [0.717, 1.165) is 9.86 Å². The number of rotatable bonds is 7. The van der Waals surface area contributed by atoms with Crippen molar-refractivity contribution in [1.29, 1.82) is 5.26 Å². The SMILES string of the molecule is COc1cc(C2C(C#N)=C(N)Oc3cc(OC(=O)c4oc5ccc(Br)cc5c4C)ccc32)ccc1OCc1ccccc1F. The van der Waals surface area contributed by atoms with Crippen LogP contribution in [0.4, 0.5) is 4.39 Å². The van der Waals surface area contributed by atoms with E-state index in [1.54, 1.807) is 67.6 Å². The van der Waals surface area contributed by atoms with Gasteiger partial charge in [0.05, 0.1) is 13.0 Å². The first-order chi connectivity index (χ1) is 21.3. The Hall–Kier alpha value is -5.27. The minimum Gasteiger partial charge on any atom is -0.493 e. The Bertz CT molecular complexity index is 2010. The Morgan fingerprint density at radius 1 is 1.07 bits per heavy atom. The van der Waals surface area contributed by atoms with Crippen LogP contribution in [0, 0.1) is 24.1 Å². The van der Waals surface area contributed by atoms with E-state index in [4.69, 9.17) is 29.1 Å². The van der Waals surface area contributed by atoms with Crippen LogP contribution in [0.5, 0.6) is 23.0 Å². The molecule has 0 saturated heterocycles. The molecule has 1 aromatic heterocycles. The first kappa shape index (κ1) is 28.8. The maximum atomic E-state index is 14.1. The maximum absolute atomic E-state index is 14.1. The molecule has 2 N–H and O–H groups in total. The highest BCUT2D eigenvalue weighted by atomic mass is 79.9. The highest BCUT2D eigenvalue weighted by Crippen LogP contribution is 2.45. The van der Waals surface area contributed by atoms with Crippen molar-refractivity contribution in [2.75, 3.05) is 7.11 Å². The molecular weight excluding hydrogens is 631 g/mol. The molecule has 1 aliphatic heterocycles. The van der Waals surface area contributed by atoms with E-state index in [2.05, 4.69) is 22.0 Å². The molecule has 1 atom stereocenters. The molecule has 10 heteroatoms. The molecule has 0 bridgehead atoms. The number of nitriles is 1. The molecule has 0 amide bonds. The number of carbonyl (C=O) groups excluding carboxylic acids is 1. The number of ether oxygens (including phenoxy) is 4. The molecule has 5 aromatic rings. The van der Waals surface area contributed by atoms with Crippen molar-refractivity contribution in [1.82, 2.24) is 0 Å². The quantitative estimate of drug-likeness (QED) is 0.140. The van der Waals surface area contributed by atoms with Crippen LogP contribution in [0.15, 0.2) is 99.2 Å². The molecule has 6 rings (SSSR count). The molecule has 1 aliphatic rings. The zero-order valence-electron chi connectivity index (χ0n) is 23.5. The van der Waals surface area contributed by atoms with E-state index in [1.165, 1.54) is 13.2 Å². The number of aryl methyl sites for hydroxylation is 1. The second-order valence-electron chi connectivity index (χ2n) is 10.0. The molecule has 0 fully saturated rings. The van der Waals surface area contributed by atoms with Crippen molar-refractivity contribution in [2.45, 2.75) is 19.4 Å². The Labute approximate surface area is 260 Å². The lowest BCUT2D eigenvalue weighted by atomic mass is 9.83. The Morgan fingerprint density at radius 3 is 2.66 bits per heavy atom. The van der Waals surface area contributed by atoms with Crippen LogP contribution < -0.4 is 24.7 Å². The second-order valence-corrected chi connectivity index (χ2v) is 10.9. The van der Waals surface area contributed by atoms with Gasteiger partial charge in [-0.25, -0.2) is 9.18 Å². The zero-order valence-corrected chi connectivity index (χ0v) is 25.1. The summed E-state index contributed by atoms with van der Waals surface area (Å²) in [4.78, 5) is 13.1. The summed E-state index contributed by atoms with van der Waals surface area (Å²) in [7, 11) is 1.49. The fourth-order valence-corrected chi connectivity index (χ4v) is 5.50. The second kappa shape index (κ2) is 11.8. The van der Waals surface area contributed by atoms with Gasteiger partial charge in [0.2, 0.25) is 11.6 Å². The number of benzene rings is 4. The van der Waals surface area contributed by atoms with Crippen LogP contribution in [-0.2, 0) is 6.61 Å². The number of methoxy groups -OCH3 is 1. The molecule has 0 radical (unpaired) electrons. The summed E-state index contributed by atoms with van der Waals surface area (Å²) < 4.78 is 43.6. The third-order valence-corrected chi connectivity index (χ3v) is 7.84. The molecule has 0 aliphatic carbocycles. The third kappa shape index (κ3) is 5.34. The van der Waals surface area contributed by atoms with Gasteiger partial charge >= 0.3 is 5.97 Å². The van der Waals surface area contributed by atoms with E-state index >= 15 is 0 Å². The number of allylic oxidation sites excluding steroid dienone is 1. The first-order valence-electron chi connectivity index (χ1n) is 13.4. The standard InChI is InChI=1S/C34H24BrFN2O6/c1-18-24-14-21(35)8-12-27(24)43-32(18)34(39)42-22-9-10-23-29(15-22)44-33(38)25(16-37)31(23)19-7-11-28(30(13-19)40-2)41-17-20-5-3-4-6-26(20)36/h3-15,31H,17,38H2,1-2H3. The van der Waals surface area contributed by atoms with E-state index in [1.807, 2.05) is 12.1 Å². The van der Waals surface area contributed by atoms with E-state index in [0.29, 0.717) is 45.1 Å². The highest BCUT2D eigenvalue weighted by Gasteiger charge is 2.32. The van der Waals surface area contributed by atoms with Crippen molar-refractivity contribution in [3.05, 3.63) is 129 Å². The lowest BCUT2D eigenvalue weighted by Crippen LogP contribution is -2.21. The number of esters is 1. The molecule has 2 heterocycles. The van der Waals surface area contributed by atoms with Crippen LogP contribution in [0.2, 0.25) is 0 Å². The summed E-state index contributed by atoms with van der Waals surface area (Å²) >= 11 is 3.44. The number of nitrogens with zero attached hydrogens (tertiary/aromatic N) is 1. The van der Waals surface area contributed by atoms with Crippen LogP contribution in [0.3, 0.4) is 0 Å². The first-order valence-corrected chi connectivity index (χ1v) is 14.2. The highest BCUT2D eigenvalue weighted by molar-refractivity contribution is 9.10. The molecule has 8 nitrogen and oxygen atoms in total. The average molecular weight is 655 g/mol. The van der Waals surface area contributed by atoms with Crippen molar-refractivity contribution >= 4 is 32.9 Å². The minimum atomic E-state index is -0.668. The summed E-state index contributed by atoms with van der Waals surface area (Å²) in [5.41, 5.74) is 9.32. The van der Waals surface area contributed by atoms with Crippen LogP contribution in [0.1, 0.15) is 38.7 Å². The lowest BCUT2D eigenvalue weighted by Gasteiger charge is -2.27. The van der Waals surface area contributed by atoms with E-state index in [9.17, 15) is 14.4 Å². The molecule has 44 heavy (non-hydrogen) atoms. The summed E-state index contributed by atoms with van der Waals surface area (Å²) in [5.74, 6) is -0.321. The molecular formula is C34H24BrFN2O6. The number of halogens is 2. The number of furan rings is 1. The van der Waals surface area contributed by atoms with Gasteiger partial charge in [-0.1, -0.05) is 46.3 Å². The van der Waals surface area contributed by atoms with Crippen LogP contribution in [0.25, 0.3) is 11.0 Å². The molecule has 220 valence electrons. The number of nitrogens with two attached hydrogens (primary N) is 1. The van der Waals surface area contributed by atoms with Crippen LogP contribution >= 0.6 is 15.9 Å². The number of hydrogen-bond acceptors (Lipinski definition) is 8. The largest absolute Gasteiger partial charge is 0.493 e. The van der Waals surface area contributed by atoms with Crippen molar-refractivity contribution < 1.29 is 32.5 Å².